The van der Waals surface area contributed by atoms with Gasteiger partial charge in [-0.1, -0.05) is 0 Å². The summed E-state index contributed by atoms with van der Waals surface area (Å²) in [5, 5.41) is 12.3. The van der Waals surface area contributed by atoms with E-state index in [1.54, 1.807) is 0 Å². The van der Waals surface area contributed by atoms with Gasteiger partial charge in [0.2, 0.25) is 6.17 Å². The van der Waals surface area contributed by atoms with E-state index in [4.69, 9.17) is 5.11 Å². The smallest absolute Gasteiger partial charge is 0.420 e. The molecule has 1 unspecified atom stereocenters. The lowest BCUT2D eigenvalue weighted by atomic mass is 10.1. The van der Waals surface area contributed by atoms with Crippen LogP contribution in [0.15, 0.2) is 0 Å². The average Bonchev–Trinajstić information content (AvgIpc) is 2.71. The number of halogens is 7. The number of carboxylic acids is 1. The molecule has 11 heteroatoms. The van der Waals surface area contributed by atoms with Crippen molar-refractivity contribution in [2.24, 2.45) is 0 Å². The first kappa shape index (κ1) is 15.2. The largest absolute Gasteiger partial charge is 0.476 e. The van der Waals surface area contributed by atoms with Crippen molar-refractivity contribution in [2.75, 3.05) is 6.67 Å². The molecular weight excluding hydrogens is 289 g/mol. The fourth-order valence-corrected chi connectivity index (χ4v) is 1.26. The third-order valence-corrected chi connectivity index (χ3v) is 2.08. The lowest BCUT2D eigenvalue weighted by Crippen LogP contribution is -2.28. The summed E-state index contributed by atoms with van der Waals surface area (Å²) in [5.41, 5.74) is -5.69. The second kappa shape index (κ2) is 4.70. The van der Waals surface area contributed by atoms with E-state index in [1.165, 1.54) is 5.10 Å². The Hall–Kier alpha value is -1.81. The molecule has 0 fully saturated rings. The van der Waals surface area contributed by atoms with Gasteiger partial charge in [0, 0.05) is 0 Å². The van der Waals surface area contributed by atoms with Gasteiger partial charge in [-0.3, -0.25) is 5.10 Å². The predicted octanol–water partition coefficient (Wildman–Crippen LogP) is 2.74. The number of rotatable bonds is 4. The van der Waals surface area contributed by atoms with Crippen molar-refractivity contribution in [1.82, 2.24) is 10.2 Å². The molecule has 0 saturated heterocycles. The number of alkyl halides is 7. The molecule has 0 bridgehead atoms. The van der Waals surface area contributed by atoms with E-state index < -0.39 is 47.9 Å². The van der Waals surface area contributed by atoms with E-state index in [-0.39, 0.29) is 0 Å². The van der Waals surface area contributed by atoms with Crippen molar-refractivity contribution < 1.29 is 40.6 Å². The van der Waals surface area contributed by atoms with Crippen LogP contribution in [-0.2, 0) is 6.18 Å². The van der Waals surface area contributed by atoms with Crippen molar-refractivity contribution in [3.8, 4) is 0 Å². The Morgan fingerprint density at radius 3 is 2.21 bits per heavy atom. The highest BCUT2D eigenvalue weighted by Crippen LogP contribution is 2.42. The molecule has 0 aliphatic heterocycles. The zero-order valence-electron chi connectivity index (χ0n) is 8.73. The van der Waals surface area contributed by atoms with Gasteiger partial charge in [0.05, 0.1) is 5.69 Å². The zero-order chi connectivity index (χ0) is 15.0. The summed E-state index contributed by atoms with van der Waals surface area (Å²) >= 11 is 0. The maximum Gasteiger partial charge on any atom is 0.420 e. The van der Waals surface area contributed by atoms with Crippen molar-refractivity contribution in [1.29, 1.82) is 0 Å². The second-order valence-corrected chi connectivity index (χ2v) is 3.42. The summed E-state index contributed by atoms with van der Waals surface area (Å²) in [6.07, 6.45) is -9.14. The van der Waals surface area contributed by atoms with E-state index in [9.17, 15) is 35.5 Å². The first-order valence-electron chi connectivity index (χ1n) is 4.49. The molecule has 1 rings (SSSR count). The monoisotopic (exact) mass is 294 g/mol. The number of aromatic carboxylic acids is 1. The van der Waals surface area contributed by atoms with Crippen LogP contribution in [0.3, 0.4) is 0 Å². The molecule has 0 aliphatic carbocycles. The molecule has 1 atom stereocenters. The van der Waals surface area contributed by atoms with Crippen LogP contribution in [-0.4, -0.2) is 33.9 Å². The molecule has 1 aromatic rings. The first-order valence-corrected chi connectivity index (χ1v) is 4.49. The molecule has 1 heterocycles. The minimum atomic E-state index is -5.44. The molecule has 4 nitrogen and oxygen atoms in total. The van der Waals surface area contributed by atoms with Crippen LogP contribution in [0.25, 0.3) is 0 Å². The Morgan fingerprint density at radius 2 is 1.84 bits per heavy atom. The minimum Gasteiger partial charge on any atom is -0.476 e. The maximum absolute atomic E-state index is 13.2. The van der Waals surface area contributed by atoms with Gasteiger partial charge in [-0.05, 0) is 0 Å². The van der Waals surface area contributed by atoms with Gasteiger partial charge in [-0.25, -0.2) is 13.6 Å². The van der Waals surface area contributed by atoms with Crippen LogP contribution < -0.4 is 0 Å². The highest BCUT2D eigenvalue weighted by atomic mass is 19.4. The number of aromatic nitrogens is 2. The highest BCUT2D eigenvalue weighted by Gasteiger charge is 2.50. The van der Waals surface area contributed by atoms with Gasteiger partial charge in [0.1, 0.15) is 5.56 Å². The van der Waals surface area contributed by atoms with Crippen molar-refractivity contribution >= 4 is 5.97 Å². The molecule has 0 saturated carbocycles. The summed E-state index contributed by atoms with van der Waals surface area (Å²) in [6.45, 7) is -2.55. The van der Waals surface area contributed by atoms with Gasteiger partial charge in [-0.15, -0.1) is 0 Å². The highest BCUT2D eigenvalue weighted by molar-refractivity contribution is 5.87. The van der Waals surface area contributed by atoms with Crippen LogP contribution >= 0.6 is 0 Å². The number of aromatic amines is 1. The lowest BCUT2D eigenvalue weighted by Gasteiger charge is -2.18. The standard InChI is InChI=1S/C8H5F7N2O2/c9-1-7(11,12)5(10)3-2(8(13,14)15)4(6(18)19)17-16-3/h5H,1H2,(H,16,17)(H,18,19). The van der Waals surface area contributed by atoms with Crippen LogP contribution in [0.1, 0.15) is 27.9 Å². The summed E-state index contributed by atoms with van der Waals surface area (Å²) < 4.78 is 88.1. The maximum atomic E-state index is 13.2. The molecular formula is C8H5F7N2O2. The number of H-pyrrole nitrogens is 1. The van der Waals surface area contributed by atoms with Gasteiger partial charge < -0.3 is 5.11 Å². The molecule has 2 N–H and O–H groups in total. The Balaban J connectivity index is 3.42. The quantitative estimate of drug-likeness (QED) is 0.839. The number of hydrogen-bond donors (Lipinski definition) is 2. The van der Waals surface area contributed by atoms with Gasteiger partial charge in [-0.2, -0.15) is 27.1 Å². The number of carbonyl (C=O) groups is 1. The Bertz CT molecular complexity index is 482. The first-order chi connectivity index (χ1) is 8.52. The zero-order valence-corrected chi connectivity index (χ0v) is 8.73. The fraction of sp³-hybridized carbons (Fsp3) is 0.500. The predicted molar refractivity (Wildman–Crippen MR) is 45.3 cm³/mol. The molecule has 1 aromatic heterocycles. The topological polar surface area (TPSA) is 66.0 Å². The Kier molecular flexibility index (Phi) is 3.77. The van der Waals surface area contributed by atoms with Crippen LogP contribution in [0.4, 0.5) is 30.7 Å². The summed E-state index contributed by atoms with van der Waals surface area (Å²) in [5.74, 6) is -6.92. The summed E-state index contributed by atoms with van der Waals surface area (Å²) in [6, 6.07) is 0. The number of carboxylic acid groups (broad SMARTS) is 1. The Morgan fingerprint density at radius 1 is 1.32 bits per heavy atom. The van der Waals surface area contributed by atoms with Crippen LogP contribution in [0, 0.1) is 0 Å². The molecule has 0 spiro atoms. The van der Waals surface area contributed by atoms with Crippen LogP contribution in [0.5, 0.6) is 0 Å². The van der Waals surface area contributed by atoms with E-state index in [0.717, 1.165) is 0 Å². The van der Waals surface area contributed by atoms with Crippen LogP contribution in [0.2, 0.25) is 0 Å². The minimum absolute atomic E-state index is 1.23. The molecule has 0 aromatic carbocycles. The SMILES string of the molecule is O=C(O)c1n[nH]c(C(F)C(F)(F)CF)c1C(F)(F)F. The molecule has 0 radical (unpaired) electrons. The van der Waals surface area contributed by atoms with E-state index >= 15 is 0 Å². The van der Waals surface area contributed by atoms with Crippen molar-refractivity contribution in [3.05, 3.63) is 17.0 Å². The molecule has 108 valence electrons. The van der Waals surface area contributed by atoms with Gasteiger partial charge in [0.15, 0.2) is 12.4 Å². The summed E-state index contributed by atoms with van der Waals surface area (Å²) in [4.78, 5) is 10.5. The number of nitrogens with zero attached hydrogens (tertiary/aromatic N) is 1. The third kappa shape index (κ3) is 2.79. The van der Waals surface area contributed by atoms with Crippen molar-refractivity contribution in [3.63, 3.8) is 0 Å². The third-order valence-electron chi connectivity index (χ3n) is 2.08. The Labute approximate surface area is 99.8 Å². The van der Waals surface area contributed by atoms with Gasteiger partial charge in [0.25, 0.3) is 0 Å². The molecule has 0 amide bonds. The average molecular weight is 294 g/mol. The van der Waals surface area contributed by atoms with Crippen molar-refractivity contribution in [2.45, 2.75) is 18.3 Å². The second-order valence-electron chi connectivity index (χ2n) is 3.42. The van der Waals surface area contributed by atoms with Gasteiger partial charge >= 0.3 is 18.1 Å². The van der Waals surface area contributed by atoms with E-state index in [2.05, 4.69) is 5.10 Å². The normalized spacial score (nSPS) is 14.5. The molecule has 0 aliphatic rings. The number of nitrogens with one attached hydrogen (secondary N) is 1. The summed E-state index contributed by atoms with van der Waals surface area (Å²) in [7, 11) is 0. The van der Waals surface area contributed by atoms with E-state index in [1.807, 2.05) is 0 Å². The molecule has 19 heavy (non-hydrogen) atoms. The lowest BCUT2D eigenvalue weighted by molar-refractivity contribution is -0.142. The fourth-order valence-electron chi connectivity index (χ4n) is 1.26. The van der Waals surface area contributed by atoms with E-state index in [0.29, 0.717) is 0 Å². The number of hydrogen-bond acceptors (Lipinski definition) is 2.